The number of amides is 1. The van der Waals surface area contributed by atoms with Gasteiger partial charge in [0.25, 0.3) is 0 Å². The lowest BCUT2D eigenvalue weighted by atomic mass is 9.81. The summed E-state index contributed by atoms with van der Waals surface area (Å²) >= 11 is 0. The number of halogens is 2. The summed E-state index contributed by atoms with van der Waals surface area (Å²) in [7, 11) is 0. The number of aromatic nitrogens is 2. The molecule has 0 aliphatic heterocycles. The van der Waals surface area contributed by atoms with Crippen LogP contribution in [0.5, 0.6) is 0 Å². The predicted molar refractivity (Wildman–Crippen MR) is 94.5 cm³/mol. The SMILES string of the molecule is CCC(CC)(CN)C(=O)NCc1nc2ccccc2[nH]1.Cl.Cl. The molecule has 22 heavy (non-hydrogen) atoms. The summed E-state index contributed by atoms with van der Waals surface area (Å²) in [5.41, 5.74) is 7.20. The monoisotopic (exact) mass is 346 g/mol. The Morgan fingerprint density at radius 2 is 1.91 bits per heavy atom. The summed E-state index contributed by atoms with van der Waals surface area (Å²) in [4.78, 5) is 20.0. The fourth-order valence-corrected chi connectivity index (χ4v) is 2.39. The molecule has 1 heterocycles. The summed E-state index contributed by atoms with van der Waals surface area (Å²) in [5.74, 6) is 0.767. The Kier molecular flexibility index (Phi) is 8.45. The average molecular weight is 347 g/mol. The Labute approximate surface area is 143 Å². The van der Waals surface area contributed by atoms with Crippen LogP contribution in [0, 0.1) is 5.41 Å². The van der Waals surface area contributed by atoms with Crippen LogP contribution in [-0.4, -0.2) is 22.4 Å². The second-order valence-corrected chi connectivity index (χ2v) is 5.07. The van der Waals surface area contributed by atoms with Crippen LogP contribution in [0.3, 0.4) is 0 Å². The van der Waals surface area contributed by atoms with E-state index in [1.165, 1.54) is 0 Å². The smallest absolute Gasteiger partial charge is 0.227 e. The molecule has 0 bridgehead atoms. The van der Waals surface area contributed by atoms with Gasteiger partial charge < -0.3 is 16.0 Å². The number of nitrogens with one attached hydrogen (secondary N) is 2. The molecule has 2 aromatic rings. The van der Waals surface area contributed by atoms with Gasteiger partial charge in [0.2, 0.25) is 5.91 Å². The van der Waals surface area contributed by atoms with E-state index in [0.29, 0.717) is 13.1 Å². The van der Waals surface area contributed by atoms with Crippen molar-refractivity contribution in [3.63, 3.8) is 0 Å². The minimum Gasteiger partial charge on any atom is -0.348 e. The summed E-state index contributed by atoms with van der Waals surface area (Å²) in [6.45, 7) is 4.76. The molecule has 0 atom stereocenters. The van der Waals surface area contributed by atoms with Crippen LogP contribution in [0.4, 0.5) is 0 Å². The van der Waals surface area contributed by atoms with E-state index in [2.05, 4.69) is 15.3 Å². The number of aromatic amines is 1. The zero-order valence-electron chi connectivity index (χ0n) is 12.9. The van der Waals surface area contributed by atoms with Crippen LogP contribution in [0.2, 0.25) is 0 Å². The fraction of sp³-hybridized carbons (Fsp3) is 0.467. The van der Waals surface area contributed by atoms with Crippen molar-refractivity contribution in [2.45, 2.75) is 33.2 Å². The third-order valence-corrected chi connectivity index (χ3v) is 4.08. The van der Waals surface area contributed by atoms with E-state index >= 15 is 0 Å². The van der Waals surface area contributed by atoms with Gasteiger partial charge in [-0.25, -0.2) is 4.98 Å². The number of fused-ring (bicyclic) bond motifs is 1. The Hall–Kier alpha value is -1.30. The lowest BCUT2D eigenvalue weighted by molar-refractivity contribution is -0.131. The number of nitrogens with zero attached hydrogens (tertiary/aromatic N) is 1. The summed E-state index contributed by atoms with van der Waals surface area (Å²) < 4.78 is 0. The van der Waals surface area contributed by atoms with E-state index in [4.69, 9.17) is 5.73 Å². The minimum absolute atomic E-state index is 0. The van der Waals surface area contributed by atoms with Crippen LogP contribution < -0.4 is 11.1 Å². The van der Waals surface area contributed by atoms with Gasteiger partial charge in [0.05, 0.1) is 23.0 Å². The van der Waals surface area contributed by atoms with Crippen molar-refractivity contribution in [1.82, 2.24) is 15.3 Å². The Bertz CT molecular complexity index is 555. The molecule has 0 unspecified atom stereocenters. The molecule has 5 nitrogen and oxygen atoms in total. The molecule has 0 radical (unpaired) electrons. The number of hydrogen-bond donors (Lipinski definition) is 3. The van der Waals surface area contributed by atoms with Gasteiger partial charge in [-0.3, -0.25) is 4.79 Å². The third kappa shape index (κ3) is 4.12. The first-order valence-electron chi connectivity index (χ1n) is 7.07. The highest BCUT2D eigenvalue weighted by Gasteiger charge is 2.33. The highest BCUT2D eigenvalue weighted by molar-refractivity contribution is 5.85. The van der Waals surface area contributed by atoms with Gasteiger partial charge in [0.1, 0.15) is 5.82 Å². The molecule has 2 rings (SSSR count). The number of carbonyl (C=O) groups is 1. The molecule has 4 N–H and O–H groups in total. The summed E-state index contributed by atoms with van der Waals surface area (Å²) in [5, 5.41) is 2.94. The van der Waals surface area contributed by atoms with Gasteiger partial charge in [0, 0.05) is 6.54 Å². The number of H-pyrrole nitrogens is 1. The number of carbonyl (C=O) groups excluding carboxylic acids is 1. The number of nitrogens with two attached hydrogens (primary N) is 1. The molecular formula is C15H24Cl2N4O. The zero-order valence-corrected chi connectivity index (χ0v) is 14.5. The average Bonchev–Trinajstić information content (AvgIpc) is 2.90. The third-order valence-electron chi connectivity index (χ3n) is 4.08. The lowest BCUT2D eigenvalue weighted by Crippen LogP contribution is -2.45. The van der Waals surface area contributed by atoms with Gasteiger partial charge in [-0.1, -0.05) is 26.0 Å². The molecule has 0 spiro atoms. The number of benzene rings is 1. The van der Waals surface area contributed by atoms with Crippen molar-refractivity contribution in [3.05, 3.63) is 30.1 Å². The summed E-state index contributed by atoms with van der Waals surface area (Å²) in [6, 6.07) is 7.81. The van der Waals surface area contributed by atoms with Crippen LogP contribution >= 0.6 is 24.8 Å². The zero-order chi connectivity index (χ0) is 14.6. The van der Waals surface area contributed by atoms with E-state index in [-0.39, 0.29) is 30.7 Å². The van der Waals surface area contributed by atoms with Gasteiger partial charge >= 0.3 is 0 Å². The molecule has 1 amide bonds. The predicted octanol–water partition coefficient (Wildman–Crippen LogP) is 2.79. The maximum Gasteiger partial charge on any atom is 0.227 e. The van der Waals surface area contributed by atoms with Gasteiger partial charge in [-0.2, -0.15) is 0 Å². The van der Waals surface area contributed by atoms with Crippen LogP contribution in [-0.2, 0) is 11.3 Å². The Morgan fingerprint density at radius 1 is 1.27 bits per heavy atom. The van der Waals surface area contributed by atoms with Gasteiger partial charge in [-0.05, 0) is 25.0 Å². The van der Waals surface area contributed by atoms with Crippen molar-refractivity contribution in [2.24, 2.45) is 11.1 Å². The first-order valence-corrected chi connectivity index (χ1v) is 7.07. The molecular weight excluding hydrogens is 323 g/mol. The van der Waals surface area contributed by atoms with Crippen LogP contribution in [0.1, 0.15) is 32.5 Å². The molecule has 7 heteroatoms. The molecule has 0 saturated heterocycles. The number of imidazole rings is 1. The number of hydrogen-bond acceptors (Lipinski definition) is 3. The maximum atomic E-state index is 12.3. The van der Waals surface area contributed by atoms with Crippen molar-refractivity contribution in [1.29, 1.82) is 0 Å². The Balaban J connectivity index is 0.00000220. The lowest BCUT2D eigenvalue weighted by Gasteiger charge is -2.28. The number of para-hydroxylation sites is 2. The summed E-state index contributed by atoms with van der Waals surface area (Å²) in [6.07, 6.45) is 1.48. The minimum atomic E-state index is -0.466. The highest BCUT2D eigenvalue weighted by atomic mass is 35.5. The quantitative estimate of drug-likeness (QED) is 0.751. The highest BCUT2D eigenvalue weighted by Crippen LogP contribution is 2.25. The van der Waals surface area contributed by atoms with Gasteiger partial charge in [-0.15, -0.1) is 24.8 Å². The standard InChI is InChI=1S/C15H22N4O.2ClH/c1-3-15(4-2,10-16)14(20)17-9-13-18-11-7-5-6-8-12(11)19-13;;/h5-8H,3-4,9-10,16H2,1-2H3,(H,17,20)(H,18,19);2*1H. The molecule has 0 aliphatic rings. The van der Waals surface area contributed by atoms with Crippen molar-refractivity contribution in [2.75, 3.05) is 6.54 Å². The fourth-order valence-electron chi connectivity index (χ4n) is 2.39. The second kappa shape index (κ2) is 8.98. The van der Waals surface area contributed by atoms with Crippen molar-refractivity contribution < 1.29 is 4.79 Å². The van der Waals surface area contributed by atoms with E-state index in [1.54, 1.807) is 0 Å². The van der Waals surface area contributed by atoms with E-state index in [9.17, 15) is 4.79 Å². The van der Waals surface area contributed by atoms with Crippen LogP contribution in [0.25, 0.3) is 11.0 Å². The van der Waals surface area contributed by atoms with Crippen molar-refractivity contribution >= 4 is 41.8 Å². The molecule has 1 aromatic heterocycles. The van der Waals surface area contributed by atoms with Gasteiger partial charge in [0.15, 0.2) is 0 Å². The normalized spacial score (nSPS) is 10.7. The molecule has 0 saturated carbocycles. The topological polar surface area (TPSA) is 83.8 Å². The second-order valence-electron chi connectivity index (χ2n) is 5.07. The largest absolute Gasteiger partial charge is 0.348 e. The van der Waals surface area contributed by atoms with Crippen LogP contribution in [0.15, 0.2) is 24.3 Å². The maximum absolute atomic E-state index is 12.3. The Morgan fingerprint density at radius 3 is 2.45 bits per heavy atom. The van der Waals surface area contributed by atoms with E-state index in [1.807, 2.05) is 38.1 Å². The molecule has 124 valence electrons. The van der Waals surface area contributed by atoms with E-state index in [0.717, 1.165) is 29.7 Å². The number of rotatable bonds is 6. The van der Waals surface area contributed by atoms with E-state index < -0.39 is 5.41 Å². The first-order chi connectivity index (χ1) is 9.65. The molecule has 1 aromatic carbocycles. The molecule has 0 aliphatic carbocycles. The van der Waals surface area contributed by atoms with Crippen molar-refractivity contribution in [3.8, 4) is 0 Å². The first kappa shape index (κ1) is 20.7. The molecule has 0 fully saturated rings.